The number of primary amides is 1. The first-order chi connectivity index (χ1) is 16.4. The van der Waals surface area contributed by atoms with Crippen molar-refractivity contribution >= 4 is 23.2 Å². The van der Waals surface area contributed by atoms with E-state index >= 15 is 0 Å². The van der Waals surface area contributed by atoms with Crippen LogP contribution in [0.2, 0.25) is 0 Å². The van der Waals surface area contributed by atoms with Gasteiger partial charge in [-0.3, -0.25) is 9.78 Å². The average Bonchev–Trinajstić information content (AvgIpc) is 2.82. The monoisotopic (exact) mass is 468 g/mol. The van der Waals surface area contributed by atoms with Crippen LogP contribution in [0.1, 0.15) is 36.0 Å². The molecule has 1 amide bonds. The maximum Gasteiger partial charge on any atom is 0.252 e. The molecule has 2 heterocycles. The van der Waals surface area contributed by atoms with E-state index in [1.807, 2.05) is 0 Å². The van der Waals surface area contributed by atoms with Gasteiger partial charge in [-0.1, -0.05) is 12.8 Å². The molecular weight excluding hydrogens is 442 g/mol. The zero-order valence-corrected chi connectivity index (χ0v) is 18.6. The lowest BCUT2D eigenvalue weighted by molar-refractivity contribution is 0.100. The molecule has 0 bridgehead atoms. The number of methoxy groups -OCH3 is 1. The highest BCUT2D eigenvalue weighted by Crippen LogP contribution is 2.29. The van der Waals surface area contributed by atoms with Crippen LogP contribution in [0.25, 0.3) is 11.3 Å². The zero-order chi connectivity index (χ0) is 24.2. The number of nitrogens with zero attached hydrogens (tertiary/aromatic N) is 2. The Balaban J connectivity index is 1.65. The minimum Gasteiger partial charge on any atom is -0.497 e. The molecule has 34 heavy (non-hydrogen) atoms. The number of amides is 1. The van der Waals surface area contributed by atoms with Gasteiger partial charge >= 0.3 is 0 Å². The molecule has 1 aliphatic rings. The Labute approximate surface area is 195 Å². The summed E-state index contributed by atoms with van der Waals surface area (Å²) in [5, 5.41) is 6.05. The maximum absolute atomic E-state index is 14.7. The molecule has 6 N–H and O–H groups in total. The van der Waals surface area contributed by atoms with Crippen LogP contribution in [0.3, 0.4) is 0 Å². The van der Waals surface area contributed by atoms with Crippen LogP contribution in [-0.2, 0) is 0 Å². The van der Waals surface area contributed by atoms with E-state index in [2.05, 4.69) is 20.6 Å². The number of hydrogen-bond donors (Lipinski definition) is 4. The first-order valence-corrected chi connectivity index (χ1v) is 10.9. The van der Waals surface area contributed by atoms with Crippen molar-refractivity contribution in [2.24, 2.45) is 11.5 Å². The predicted octanol–water partition coefficient (Wildman–Crippen LogP) is 3.95. The summed E-state index contributed by atoms with van der Waals surface area (Å²) in [7, 11) is 1.45. The van der Waals surface area contributed by atoms with Crippen LogP contribution in [0, 0.1) is 11.6 Å². The number of nitrogens with two attached hydrogens (primary N) is 2. The first-order valence-electron chi connectivity index (χ1n) is 10.9. The minimum atomic E-state index is -0.842. The topological polar surface area (TPSA) is 128 Å². The summed E-state index contributed by atoms with van der Waals surface area (Å²) in [6.07, 6.45) is 5.13. The number of hydrogen-bond acceptors (Lipinski definition) is 7. The summed E-state index contributed by atoms with van der Waals surface area (Å²) in [6, 6.07) is 8.44. The van der Waals surface area contributed by atoms with Gasteiger partial charge in [-0.25, -0.2) is 13.8 Å². The van der Waals surface area contributed by atoms with Gasteiger partial charge in [0, 0.05) is 35.6 Å². The molecule has 0 radical (unpaired) electrons. The molecule has 10 heteroatoms. The minimum absolute atomic E-state index is 0.0228. The van der Waals surface area contributed by atoms with Crippen LogP contribution in [0.5, 0.6) is 5.75 Å². The standard InChI is InChI=1S/C24H26F2N6O2/c1-34-14-6-7-15(17(25)11-14)21-10-13(8-9-29-21)30-23-16(22(28)33)12-18(26)24(32-23)31-20-5-3-2-4-19(20)27/h6-12,19-20H,2-5,27H2,1H3,(H2,28,33)(H2,29,30,31,32)/t19-,20+/m0/s1. The summed E-state index contributed by atoms with van der Waals surface area (Å²) in [6.45, 7) is 0. The van der Waals surface area contributed by atoms with Crippen LogP contribution < -0.4 is 26.8 Å². The molecule has 1 aliphatic carbocycles. The normalized spacial score (nSPS) is 17.8. The fourth-order valence-corrected chi connectivity index (χ4v) is 4.01. The van der Waals surface area contributed by atoms with Crippen molar-refractivity contribution in [3.63, 3.8) is 0 Å². The quantitative estimate of drug-likeness (QED) is 0.413. The van der Waals surface area contributed by atoms with Gasteiger partial charge in [-0.05, 0) is 43.2 Å². The van der Waals surface area contributed by atoms with Gasteiger partial charge in [-0.2, -0.15) is 0 Å². The highest BCUT2D eigenvalue weighted by Gasteiger charge is 2.24. The molecule has 1 saturated carbocycles. The van der Waals surface area contributed by atoms with Gasteiger partial charge in [0.1, 0.15) is 17.4 Å². The van der Waals surface area contributed by atoms with Gasteiger partial charge in [0.15, 0.2) is 11.6 Å². The van der Waals surface area contributed by atoms with E-state index in [0.717, 1.165) is 31.7 Å². The number of rotatable bonds is 7. The summed E-state index contributed by atoms with van der Waals surface area (Å²) >= 11 is 0. The molecule has 2 atom stereocenters. The Morgan fingerprint density at radius 3 is 2.59 bits per heavy atom. The van der Waals surface area contributed by atoms with Crippen molar-refractivity contribution in [2.75, 3.05) is 17.7 Å². The van der Waals surface area contributed by atoms with E-state index in [1.165, 1.54) is 19.4 Å². The van der Waals surface area contributed by atoms with Crippen LogP contribution in [0.15, 0.2) is 42.6 Å². The van der Waals surface area contributed by atoms with Gasteiger partial charge < -0.3 is 26.8 Å². The third kappa shape index (κ3) is 5.07. The Bertz CT molecular complexity index is 1210. The van der Waals surface area contributed by atoms with E-state index in [1.54, 1.807) is 24.3 Å². The number of ether oxygens (including phenoxy) is 1. The lowest BCUT2D eigenvalue weighted by atomic mass is 9.91. The Kier molecular flexibility index (Phi) is 6.87. The van der Waals surface area contributed by atoms with E-state index < -0.39 is 17.5 Å². The Morgan fingerprint density at radius 1 is 1.09 bits per heavy atom. The Hall–Kier alpha value is -3.79. The lowest BCUT2D eigenvalue weighted by Crippen LogP contribution is -2.43. The molecule has 0 saturated heterocycles. The molecule has 1 aromatic carbocycles. The molecule has 8 nitrogen and oxygen atoms in total. The zero-order valence-electron chi connectivity index (χ0n) is 18.6. The van der Waals surface area contributed by atoms with E-state index in [9.17, 15) is 13.6 Å². The van der Waals surface area contributed by atoms with Crippen molar-refractivity contribution in [1.82, 2.24) is 9.97 Å². The van der Waals surface area contributed by atoms with Crippen molar-refractivity contribution in [3.8, 4) is 17.0 Å². The second kappa shape index (κ2) is 10.0. The highest BCUT2D eigenvalue weighted by atomic mass is 19.1. The molecule has 4 rings (SSSR count). The molecule has 0 unspecified atom stereocenters. The summed E-state index contributed by atoms with van der Waals surface area (Å²) in [5.74, 6) is -1.62. The molecule has 2 aromatic heterocycles. The van der Waals surface area contributed by atoms with Crippen LogP contribution >= 0.6 is 0 Å². The Morgan fingerprint density at radius 2 is 1.88 bits per heavy atom. The molecule has 178 valence electrons. The van der Waals surface area contributed by atoms with Crippen molar-refractivity contribution < 1.29 is 18.3 Å². The van der Waals surface area contributed by atoms with Crippen molar-refractivity contribution in [3.05, 3.63) is 59.8 Å². The number of halogens is 2. The lowest BCUT2D eigenvalue weighted by Gasteiger charge is -2.30. The van der Waals surface area contributed by atoms with Crippen molar-refractivity contribution in [2.45, 2.75) is 37.8 Å². The number of pyridine rings is 2. The summed E-state index contributed by atoms with van der Waals surface area (Å²) in [5.41, 5.74) is 12.6. The third-order valence-corrected chi connectivity index (χ3v) is 5.86. The van der Waals surface area contributed by atoms with E-state index in [0.29, 0.717) is 17.1 Å². The largest absolute Gasteiger partial charge is 0.497 e. The molecule has 0 aliphatic heterocycles. The van der Waals surface area contributed by atoms with Crippen molar-refractivity contribution in [1.29, 1.82) is 0 Å². The average molecular weight is 469 g/mol. The van der Waals surface area contributed by atoms with Gasteiger partial charge in [0.25, 0.3) is 5.91 Å². The number of nitrogens with one attached hydrogen (secondary N) is 2. The molecular formula is C24H26F2N6O2. The second-order valence-electron chi connectivity index (χ2n) is 8.18. The number of benzene rings is 1. The fourth-order valence-electron chi connectivity index (χ4n) is 4.01. The van der Waals surface area contributed by atoms with Crippen LogP contribution in [0.4, 0.5) is 26.1 Å². The SMILES string of the molecule is COc1ccc(-c2cc(Nc3nc(N[C@@H]4CCCC[C@@H]4N)c(F)cc3C(N)=O)ccn2)c(F)c1. The number of carbonyl (C=O) groups excluding carboxylic acids is 1. The van der Waals surface area contributed by atoms with E-state index in [-0.39, 0.29) is 34.8 Å². The fraction of sp³-hybridized carbons (Fsp3) is 0.292. The molecule has 0 spiro atoms. The smallest absolute Gasteiger partial charge is 0.252 e. The van der Waals surface area contributed by atoms with Gasteiger partial charge in [-0.15, -0.1) is 0 Å². The highest BCUT2D eigenvalue weighted by molar-refractivity contribution is 5.98. The second-order valence-corrected chi connectivity index (χ2v) is 8.18. The molecule has 1 fully saturated rings. The molecule has 3 aromatic rings. The van der Waals surface area contributed by atoms with Crippen LogP contribution in [-0.4, -0.2) is 35.1 Å². The number of carbonyl (C=O) groups is 1. The van der Waals surface area contributed by atoms with E-state index in [4.69, 9.17) is 16.2 Å². The number of aromatic nitrogens is 2. The third-order valence-electron chi connectivity index (χ3n) is 5.86. The maximum atomic E-state index is 14.7. The van der Waals surface area contributed by atoms with Gasteiger partial charge in [0.2, 0.25) is 0 Å². The number of anilines is 3. The van der Waals surface area contributed by atoms with Gasteiger partial charge in [0.05, 0.1) is 18.4 Å². The summed E-state index contributed by atoms with van der Waals surface area (Å²) < 4.78 is 34.3. The summed E-state index contributed by atoms with van der Waals surface area (Å²) in [4.78, 5) is 20.5. The first kappa shape index (κ1) is 23.4. The predicted molar refractivity (Wildman–Crippen MR) is 126 cm³/mol.